The van der Waals surface area contributed by atoms with Crippen LogP contribution >= 0.6 is 0 Å². The molecular formula is C23H39NOS. The Labute approximate surface area is 164 Å². The van der Waals surface area contributed by atoms with Gasteiger partial charge in [0.2, 0.25) is 0 Å². The normalized spacial score (nSPS) is 22.3. The van der Waals surface area contributed by atoms with Crippen molar-refractivity contribution in [1.82, 2.24) is 4.72 Å². The van der Waals surface area contributed by atoms with E-state index >= 15 is 0 Å². The van der Waals surface area contributed by atoms with E-state index in [1.165, 1.54) is 68.9 Å². The third kappa shape index (κ3) is 7.52. The molecule has 0 aromatic heterocycles. The Morgan fingerprint density at radius 1 is 0.962 bits per heavy atom. The summed E-state index contributed by atoms with van der Waals surface area (Å²) in [6.45, 7) is 9.26. The molecule has 1 atom stereocenters. The van der Waals surface area contributed by atoms with Crippen LogP contribution in [0.3, 0.4) is 0 Å². The highest BCUT2D eigenvalue weighted by Gasteiger charge is 2.24. The predicted octanol–water partition coefficient (Wildman–Crippen LogP) is 5.82. The maximum Gasteiger partial charge on any atom is 0.0970 e. The molecule has 1 aromatic rings. The molecule has 148 valence electrons. The summed E-state index contributed by atoms with van der Waals surface area (Å²) < 4.78 is 15.2. The van der Waals surface area contributed by atoms with Gasteiger partial charge in [0.25, 0.3) is 0 Å². The molecule has 1 aliphatic carbocycles. The quantitative estimate of drug-likeness (QED) is 0.577. The topological polar surface area (TPSA) is 29.1 Å². The van der Waals surface area contributed by atoms with Gasteiger partial charge < -0.3 is 0 Å². The first kappa shape index (κ1) is 21.6. The average molecular weight is 378 g/mol. The van der Waals surface area contributed by atoms with Crippen molar-refractivity contribution >= 4 is 11.0 Å². The van der Waals surface area contributed by atoms with Gasteiger partial charge in [-0.25, -0.2) is 8.93 Å². The summed E-state index contributed by atoms with van der Waals surface area (Å²) in [5.41, 5.74) is 2.98. The number of hydrogen-bond donors (Lipinski definition) is 1. The molecular weight excluding hydrogens is 338 g/mol. The molecule has 26 heavy (non-hydrogen) atoms. The maximum atomic E-state index is 12.1. The van der Waals surface area contributed by atoms with Crippen molar-refractivity contribution in [3.63, 3.8) is 0 Å². The van der Waals surface area contributed by atoms with Crippen molar-refractivity contribution in [3.05, 3.63) is 35.4 Å². The van der Waals surface area contributed by atoms with Crippen molar-refractivity contribution in [2.24, 2.45) is 11.8 Å². The molecule has 0 saturated heterocycles. The van der Waals surface area contributed by atoms with E-state index in [0.29, 0.717) is 5.92 Å². The zero-order valence-corrected chi connectivity index (χ0v) is 18.2. The van der Waals surface area contributed by atoms with E-state index in [2.05, 4.69) is 35.9 Å². The Morgan fingerprint density at radius 2 is 1.50 bits per heavy atom. The Morgan fingerprint density at radius 3 is 2.04 bits per heavy atom. The van der Waals surface area contributed by atoms with Gasteiger partial charge in [-0.3, -0.25) is 0 Å². The van der Waals surface area contributed by atoms with Gasteiger partial charge >= 0.3 is 0 Å². The van der Waals surface area contributed by atoms with E-state index < -0.39 is 11.0 Å². The average Bonchev–Trinajstić information content (AvgIpc) is 2.63. The molecule has 1 aliphatic rings. The Hall–Kier alpha value is -0.670. The van der Waals surface area contributed by atoms with Crippen LogP contribution in [0.5, 0.6) is 0 Å². The summed E-state index contributed by atoms with van der Waals surface area (Å²) in [5.74, 6) is 1.58. The summed E-state index contributed by atoms with van der Waals surface area (Å²) in [5, 5.41) is 0. The highest BCUT2D eigenvalue weighted by Crippen LogP contribution is 2.31. The van der Waals surface area contributed by atoms with Crippen molar-refractivity contribution in [2.75, 3.05) is 6.54 Å². The number of unbranched alkanes of at least 4 members (excludes halogenated alkanes) is 1. The van der Waals surface area contributed by atoms with Gasteiger partial charge in [-0.1, -0.05) is 50.5 Å². The van der Waals surface area contributed by atoms with Gasteiger partial charge in [-0.05, 0) is 82.3 Å². The molecule has 0 bridgehead atoms. The summed E-state index contributed by atoms with van der Waals surface area (Å²) in [6, 6.07) is 9.32. The summed E-state index contributed by atoms with van der Waals surface area (Å²) in [6.07, 6.45) is 11.6. The fourth-order valence-electron chi connectivity index (χ4n) is 3.76. The second-order valence-corrected chi connectivity index (χ2v) is 11.1. The summed E-state index contributed by atoms with van der Waals surface area (Å²) in [7, 11) is -0.931. The Kier molecular flexibility index (Phi) is 8.83. The van der Waals surface area contributed by atoms with E-state index in [1.54, 1.807) is 0 Å². The Bertz CT molecular complexity index is 538. The molecule has 0 spiro atoms. The van der Waals surface area contributed by atoms with Crippen LogP contribution in [0.2, 0.25) is 0 Å². The second-order valence-electron chi connectivity index (χ2n) is 9.08. The van der Waals surface area contributed by atoms with Crippen LogP contribution in [0.25, 0.3) is 0 Å². The van der Waals surface area contributed by atoms with Crippen molar-refractivity contribution < 1.29 is 4.21 Å². The molecule has 0 aliphatic heterocycles. The number of aryl methyl sites for hydroxylation is 2. The fourth-order valence-corrected chi connectivity index (χ4v) is 4.58. The third-order valence-electron chi connectivity index (χ3n) is 5.71. The van der Waals surface area contributed by atoms with Gasteiger partial charge in [-0.2, -0.15) is 0 Å². The number of hydrogen-bond acceptors (Lipinski definition) is 1. The number of rotatable bonds is 9. The fraction of sp³-hybridized carbons (Fsp3) is 0.739. The zero-order chi connectivity index (χ0) is 19.0. The molecule has 2 rings (SSSR count). The first-order valence-electron chi connectivity index (χ1n) is 10.6. The largest absolute Gasteiger partial charge is 0.242 e. The van der Waals surface area contributed by atoms with Crippen molar-refractivity contribution in [1.29, 1.82) is 0 Å². The smallest absolute Gasteiger partial charge is 0.0970 e. The minimum absolute atomic E-state index is 0.163. The molecule has 1 aromatic carbocycles. The van der Waals surface area contributed by atoms with Gasteiger partial charge in [0, 0.05) is 6.54 Å². The molecule has 0 heterocycles. The lowest BCUT2D eigenvalue weighted by molar-refractivity contribution is 0.264. The van der Waals surface area contributed by atoms with Gasteiger partial charge in [0.1, 0.15) is 0 Å². The molecule has 1 fully saturated rings. The van der Waals surface area contributed by atoms with Crippen LogP contribution in [0.4, 0.5) is 0 Å². The Balaban J connectivity index is 1.65. The van der Waals surface area contributed by atoms with Crippen LogP contribution in [0.1, 0.15) is 83.8 Å². The van der Waals surface area contributed by atoms with Crippen LogP contribution in [0.15, 0.2) is 24.3 Å². The lowest BCUT2D eigenvalue weighted by Crippen LogP contribution is -2.36. The molecule has 0 radical (unpaired) electrons. The highest BCUT2D eigenvalue weighted by atomic mass is 32.2. The number of nitrogens with one attached hydrogen (secondary N) is 1. The van der Waals surface area contributed by atoms with E-state index in [9.17, 15) is 4.21 Å². The van der Waals surface area contributed by atoms with Crippen molar-refractivity contribution in [3.8, 4) is 0 Å². The van der Waals surface area contributed by atoms with Crippen LogP contribution in [-0.4, -0.2) is 15.5 Å². The van der Waals surface area contributed by atoms with Crippen molar-refractivity contribution in [2.45, 2.75) is 90.2 Å². The summed E-state index contributed by atoms with van der Waals surface area (Å²) >= 11 is 0. The third-order valence-corrected chi connectivity index (χ3v) is 7.25. The molecule has 1 unspecified atom stereocenters. The first-order chi connectivity index (χ1) is 12.4. The van der Waals surface area contributed by atoms with Gasteiger partial charge in [0.15, 0.2) is 0 Å². The second kappa shape index (κ2) is 10.6. The van der Waals surface area contributed by atoms with E-state index in [4.69, 9.17) is 0 Å². The minimum Gasteiger partial charge on any atom is -0.242 e. The first-order valence-corrected chi connectivity index (χ1v) is 11.8. The lowest BCUT2D eigenvalue weighted by Gasteiger charge is -2.29. The monoisotopic (exact) mass is 377 g/mol. The van der Waals surface area contributed by atoms with E-state index in [0.717, 1.165) is 12.5 Å². The van der Waals surface area contributed by atoms with E-state index in [-0.39, 0.29) is 4.75 Å². The maximum absolute atomic E-state index is 12.1. The molecule has 2 nitrogen and oxygen atoms in total. The lowest BCUT2D eigenvalue weighted by atomic mass is 9.79. The van der Waals surface area contributed by atoms with Crippen LogP contribution in [0, 0.1) is 11.8 Å². The van der Waals surface area contributed by atoms with Crippen LogP contribution < -0.4 is 4.72 Å². The standard InChI is InChI=1S/C23H39NOS/c1-5-6-7-19-8-10-20(11-9-19)12-13-21-14-16-22(17-15-21)18-24-26(25)23(2,3)4/h8-11,21-22,24H,5-7,12-18H2,1-4H3. The summed E-state index contributed by atoms with van der Waals surface area (Å²) in [4.78, 5) is 0. The molecule has 3 heteroatoms. The van der Waals surface area contributed by atoms with E-state index in [1.807, 2.05) is 20.8 Å². The van der Waals surface area contributed by atoms with Crippen LogP contribution in [-0.2, 0) is 23.8 Å². The zero-order valence-electron chi connectivity index (χ0n) is 17.4. The number of benzene rings is 1. The highest BCUT2D eigenvalue weighted by molar-refractivity contribution is 7.84. The molecule has 1 N–H and O–H groups in total. The minimum atomic E-state index is -0.931. The SMILES string of the molecule is CCCCc1ccc(CCC2CCC(CNS(=O)C(C)(C)C)CC2)cc1. The molecule has 1 saturated carbocycles. The van der Waals surface area contributed by atoms with Gasteiger partial charge in [-0.15, -0.1) is 0 Å². The molecule has 0 amide bonds. The predicted molar refractivity (Wildman–Crippen MR) is 115 cm³/mol. The van der Waals surface area contributed by atoms with Gasteiger partial charge in [0.05, 0.1) is 15.7 Å².